The zero-order valence-electron chi connectivity index (χ0n) is 16.2. The van der Waals surface area contributed by atoms with Crippen LogP contribution in [-0.2, 0) is 22.3 Å². The van der Waals surface area contributed by atoms with Crippen molar-refractivity contribution in [3.63, 3.8) is 0 Å². The standard InChI is InChI=1S/C22H18F3NO4/c1-14-19(13-29-18-10-3-15(4-11-18)5-12-20(27)28-2)30-21(26-14)16-6-8-17(9-7-16)22(23,24)25/h3-12H,13H2,1-2H3. The van der Waals surface area contributed by atoms with Crippen molar-refractivity contribution in [2.24, 2.45) is 0 Å². The molecule has 0 aliphatic carbocycles. The summed E-state index contributed by atoms with van der Waals surface area (Å²) in [6, 6.07) is 11.6. The molecule has 1 heterocycles. The Balaban J connectivity index is 1.65. The highest BCUT2D eigenvalue weighted by atomic mass is 19.4. The lowest BCUT2D eigenvalue weighted by Gasteiger charge is -2.06. The first-order chi connectivity index (χ1) is 14.3. The lowest BCUT2D eigenvalue weighted by Crippen LogP contribution is -2.03. The van der Waals surface area contributed by atoms with Gasteiger partial charge in [-0.05, 0) is 55.0 Å². The fraction of sp³-hybridized carbons (Fsp3) is 0.182. The fourth-order valence-corrected chi connectivity index (χ4v) is 2.54. The van der Waals surface area contributed by atoms with Crippen LogP contribution in [0.4, 0.5) is 13.2 Å². The molecule has 0 fully saturated rings. The van der Waals surface area contributed by atoms with Crippen LogP contribution in [-0.4, -0.2) is 18.1 Å². The molecule has 0 bridgehead atoms. The van der Waals surface area contributed by atoms with Crippen molar-refractivity contribution in [1.29, 1.82) is 0 Å². The number of ether oxygens (including phenoxy) is 2. The van der Waals surface area contributed by atoms with Gasteiger partial charge in [0.25, 0.3) is 0 Å². The van der Waals surface area contributed by atoms with E-state index in [1.807, 2.05) is 0 Å². The van der Waals surface area contributed by atoms with Crippen LogP contribution < -0.4 is 4.74 Å². The molecule has 0 aliphatic rings. The maximum atomic E-state index is 12.7. The van der Waals surface area contributed by atoms with E-state index < -0.39 is 17.7 Å². The van der Waals surface area contributed by atoms with Crippen LogP contribution in [0.15, 0.2) is 59.0 Å². The number of oxazole rings is 1. The number of aromatic nitrogens is 1. The molecule has 1 aromatic heterocycles. The monoisotopic (exact) mass is 417 g/mol. The molecule has 5 nitrogen and oxygen atoms in total. The second-order valence-corrected chi connectivity index (χ2v) is 6.32. The Labute approximate surface area is 170 Å². The largest absolute Gasteiger partial charge is 0.486 e. The summed E-state index contributed by atoms with van der Waals surface area (Å²) in [5.41, 5.74) is 1.10. The molecule has 3 aromatic rings. The summed E-state index contributed by atoms with van der Waals surface area (Å²) in [7, 11) is 1.30. The van der Waals surface area contributed by atoms with Gasteiger partial charge in [-0.3, -0.25) is 0 Å². The van der Waals surface area contributed by atoms with Gasteiger partial charge in [0, 0.05) is 11.6 Å². The molecule has 3 rings (SSSR count). The van der Waals surface area contributed by atoms with Crippen molar-refractivity contribution < 1.29 is 31.9 Å². The van der Waals surface area contributed by atoms with E-state index in [0.717, 1.165) is 17.7 Å². The number of alkyl halides is 3. The molecule has 2 aromatic carbocycles. The Morgan fingerprint density at radius 3 is 2.37 bits per heavy atom. The van der Waals surface area contributed by atoms with Crippen molar-refractivity contribution in [2.75, 3.05) is 7.11 Å². The highest BCUT2D eigenvalue weighted by molar-refractivity contribution is 5.86. The average molecular weight is 417 g/mol. The van der Waals surface area contributed by atoms with E-state index in [2.05, 4.69) is 9.72 Å². The van der Waals surface area contributed by atoms with E-state index in [1.54, 1.807) is 37.3 Å². The zero-order chi connectivity index (χ0) is 21.7. The number of esters is 1. The Hall–Kier alpha value is -3.55. The quantitative estimate of drug-likeness (QED) is 0.395. The molecule has 0 amide bonds. The number of halogens is 3. The SMILES string of the molecule is COC(=O)C=Cc1ccc(OCc2oc(-c3ccc(C(F)(F)F)cc3)nc2C)cc1. The first-order valence-electron chi connectivity index (χ1n) is 8.89. The first-order valence-corrected chi connectivity index (χ1v) is 8.89. The highest BCUT2D eigenvalue weighted by Gasteiger charge is 2.30. The summed E-state index contributed by atoms with van der Waals surface area (Å²) in [6.07, 6.45) is -1.46. The fourth-order valence-electron chi connectivity index (χ4n) is 2.54. The molecule has 156 valence electrons. The molecule has 0 saturated carbocycles. The van der Waals surface area contributed by atoms with Crippen molar-refractivity contribution in [1.82, 2.24) is 4.98 Å². The third kappa shape index (κ3) is 5.28. The predicted molar refractivity (Wildman–Crippen MR) is 104 cm³/mol. The lowest BCUT2D eigenvalue weighted by atomic mass is 10.1. The van der Waals surface area contributed by atoms with Crippen molar-refractivity contribution in [2.45, 2.75) is 19.7 Å². The molecule has 0 spiro atoms. The molecule has 8 heteroatoms. The second kappa shape index (κ2) is 8.86. The predicted octanol–water partition coefficient (Wildman–Crippen LogP) is 5.43. The number of aryl methyl sites for hydroxylation is 1. The van der Waals surface area contributed by atoms with Crippen LogP contribution in [0.25, 0.3) is 17.5 Å². The van der Waals surface area contributed by atoms with E-state index in [4.69, 9.17) is 9.15 Å². The molecule has 30 heavy (non-hydrogen) atoms. The van der Waals surface area contributed by atoms with Crippen LogP contribution in [0.5, 0.6) is 5.75 Å². The number of carbonyl (C=O) groups is 1. The number of rotatable bonds is 6. The zero-order valence-corrected chi connectivity index (χ0v) is 16.2. The van der Waals surface area contributed by atoms with Crippen LogP contribution in [0.2, 0.25) is 0 Å². The summed E-state index contributed by atoms with van der Waals surface area (Å²) in [6.45, 7) is 1.84. The van der Waals surface area contributed by atoms with E-state index in [0.29, 0.717) is 22.8 Å². The number of methoxy groups -OCH3 is 1. The molecule has 0 saturated heterocycles. The molecule has 0 radical (unpaired) electrons. The first kappa shape index (κ1) is 21.2. The van der Waals surface area contributed by atoms with E-state index >= 15 is 0 Å². The molecule has 0 atom stereocenters. The Morgan fingerprint density at radius 2 is 1.77 bits per heavy atom. The van der Waals surface area contributed by atoms with Crippen LogP contribution in [0.1, 0.15) is 22.6 Å². The van der Waals surface area contributed by atoms with Crippen LogP contribution in [0, 0.1) is 6.92 Å². The third-order valence-corrected chi connectivity index (χ3v) is 4.21. The van der Waals surface area contributed by atoms with Crippen LogP contribution >= 0.6 is 0 Å². The number of nitrogens with zero attached hydrogens (tertiary/aromatic N) is 1. The van der Waals surface area contributed by atoms with Crippen LogP contribution in [0.3, 0.4) is 0 Å². The molecular weight excluding hydrogens is 399 g/mol. The Kier molecular flexibility index (Phi) is 6.25. The van der Waals surface area contributed by atoms with E-state index in [-0.39, 0.29) is 12.5 Å². The topological polar surface area (TPSA) is 61.6 Å². The molecule has 0 unspecified atom stereocenters. The lowest BCUT2D eigenvalue weighted by molar-refractivity contribution is -0.137. The van der Waals surface area contributed by atoms with Crippen molar-refractivity contribution in [3.8, 4) is 17.2 Å². The van der Waals surface area contributed by atoms with E-state index in [9.17, 15) is 18.0 Å². The van der Waals surface area contributed by atoms with Gasteiger partial charge in [0.1, 0.15) is 12.4 Å². The van der Waals surface area contributed by atoms with E-state index in [1.165, 1.54) is 25.3 Å². The normalized spacial score (nSPS) is 11.6. The third-order valence-electron chi connectivity index (χ3n) is 4.21. The molecular formula is C22H18F3NO4. The van der Waals surface area contributed by atoms with Gasteiger partial charge in [-0.25, -0.2) is 9.78 Å². The van der Waals surface area contributed by atoms with Gasteiger partial charge in [0.05, 0.1) is 18.4 Å². The minimum atomic E-state index is -4.39. The highest BCUT2D eigenvalue weighted by Crippen LogP contribution is 2.31. The van der Waals surface area contributed by atoms with Gasteiger partial charge >= 0.3 is 12.1 Å². The van der Waals surface area contributed by atoms with Crippen molar-refractivity contribution >= 4 is 12.0 Å². The Morgan fingerprint density at radius 1 is 1.10 bits per heavy atom. The summed E-state index contributed by atoms with van der Waals surface area (Å²) in [5, 5.41) is 0. The molecule has 0 aliphatic heterocycles. The summed E-state index contributed by atoms with van der Waals surface area (Å²) in [5.74, 6) is 0.833. The summed E-state index contributed by atoms with van der Waals surface area (Å²) >= 11 is 0. The van der Waals surface area contributed by atoms with Crippen molar-refractivity contribution in [3.05, 3.63) is 77.2 Å². The minimum absolute atomic E-state index is 0.108. The van der Waals surface area contributed by atoms with Gasteiger partial charge < -0.3 is 13.9 Å². The maximum absolute atomic E-state index is 12.7. The maximum Gasteiger partial charge on any atom is 0.416 e. The van der Waals surface area contributed by atoms with Gasteiger partial charge in [-0.1, -0.05) is 12.1 Å². The van der Waals surface area contributed by atoms with Gasteiger partial charge in [-0.2, -0.15) is 13.2 Å². The number of benzene rings is 2. The number of carbonyl (C=O) groups excluding carboxylic acids is 1. The average Bonchev–Trinajstić information content (AvgIpc) is 3.11. The van der Waals surface area contributed by atoms with Gasteiger partial charge in [0.15, 0.2) is 5.76 Å². The second-order valence-electron chi connectivity index (χ2n) is 6.32. The van der Waals surface area contributed by atoms with Gasteiger partial charge in [0.2, 0.25) is 5.89 Å². The minimum Gasteiger partial charge on any atom is -0.486 e. The van der Waals surface area contributed by atoms with Gasteiger partial charge in [-0.15, -0.1) is 0 Å². The summed E-state index contributed by atoms with van der Waals surface area (Å²) in [4.78, 5) is 15.4. The molecule has 0 N–H and O–H groups in total. The smallest absolute Gasteiger partial charge is 0.416 e. The number of hydrogen-bond acceptors (Lipinski definition) is 5. The summed E-state index contributed by atoms with van der Waals surface area (Å²) < 4.78 is 54.0. The Bertz CT molecular complexity index is 1040. The number of hydrogen-bond donors (Lipinski definition) is 0.